The van der Waals surface area contributed by atoms with Crippen molar-refractivity contribution < 1.29 is 14.6 Å². The highest BCUT2D eigenvalue weighted by Gasteiger charge is 2.28. The summed E-state index contributed by atoms with van der Waals surface area (Å²) in [6, 6.07) is 4.20. The van der Waals surface area contributed by atoms with Crippen LogP contribution >= 0.6 is 15.9 Å². The molecule has 4 N–H and O–H groups in total. The maximum absolute atomic E-state index is 13.3. The normalized spacial score (nSPS) is 11.8. The minimum Gasteiger partial charge on any atom is -0.394 e. The van der Waals surface area contributed by atoms with Gasteiger partial charge >= 0.3 is 0 Å². The minimum absolute atomic E-state index is 0.0943. The molecule has 0 spiro atoms. The molecule has 14 heavy (non-hydrogen) atoms. The lowest BCUT2D eigenvalue weighted by Crippen LogP contribution is -2.44. The van der Waals surface area contributed by atoms with E-state index >= 15 is 0 Å². The molecule has 1 aromatic rings. The van der Waals surface area contributed by atoms with E-state index in [1.54, 1.807) is 0 Å². The van der Waals surface area contributed by atoms with E-state index in [1.165, 1.54) is 18.2 Å². The van der Waals surface area contributed by atoms with Gasteiger partial charge in [-0.25, -0.2) is 4.39 Å². The number of aliphatic hydroxyl groups excluding tert-OH is 2. The first-order chi connectivity index (χ1) is 6.53. The van der Waals surface area contributed by atoms with Gasteiger partial charge in [-0.1, -0.05) is 15.9 Å². The Morgan fingerprint density at radius 3 is 2.43 bits per heavy atom. The van der Waals surface area contributed by atoms with E-state index in [0.717, 1.165) is 0 Å². The second kappa shape index (κ2) is 4.35. The molecule has 0 amide bonds. The van der Waals surface area contributed by atoms with Crippen LogP contribution in [0.3, 0.4) is 0 Å². The van der Waals surface area contributed by atoms with E-state index in [9.17, 15) is 4.39 Å². The van der Waals surface area contributed by atoms with Crippen LogP contribution in [0.4, 0.5) is 4.39 Å². The van der Waals surface area contributed by atoms with Crippen LogP contribution in [0, 0.1) is 5.82 Å². The van der Waals surface area contributed by atoms with Crippen LogP contribution in [-0.2, 0) is 5.54 Å². The fourth-order valence-corrected chi connectivity index (χ4v) is 1.46. The summed E-state index contributed by atoms with van der Waals surface area (Å²) in [6.45, 7) is -1.03. The molecule has 3 nitrogen and oxygen atoms in total. The maximum atomic E-state index is 13.3. The largest absolute Gasteiger partial charge is 0.394 e. The third-order valence-corrected chi connectivity index (χ3v) is 2.52. The Hall–Kier alpha value is -0.490. The summed E-state index contributed by atoms with van der Waals surface area (Å²) in [5, 5.41) is 18.0. The summed E-state index contributed by atoms with van der Waals surface area (Å²) in [7, 11) is 0. The molecule has 0 aromatic heterocycles. The van der Waals surface area contributed by atoms with Gasteiger partial charge in [-0.15, -0.1) is 0 Å². The number of rotatable bonds is 3. The molecule has 1 rings (SSSR count). The molecule has 5 heteroatoms. The van der Waals surface area contributed by atoms with E-state index in [4.69, 9.17) is 15.9 Å². The number of hydrogen-bond acceptors (Lipinski definition) is 3. The Bertz CT molecular complexity index is 329. The van der Waals surface area contributed by atoms with Gasteiger partial charge in [0.2, 0.25) is 0 Å². The highest BCUT2D eigenvalue weighted by Crippen LogP contribution is 2.24. The average Bonchev–Trinajstić information content (AvgIpc) is 2.20. The zero-order chi connectivity index (χ0) is 10.8. The molecule has 0 bridgehead atoms. The molecule has 1 aromatic carbocycles. The van der Waals surface area contributed by atoms with Crippen LogP contribution in [0.15, 0.2) is 22.7 Å². The molecule has 0 saturated carbocycles. The third kappa shape index (κ3) is 2.12. The van der Waals surface area contributed by atoms with Crippen LogP contribution in [0.25, 0.3) is 0 Å². The average molecular weight is 264 g/mol. The Balaban J connectivity index is 3.22. The van der Waals surface area contributed by atoms with Gasteiger partial charge in [0.1, 0.15) is 5.82 Å². The molecule has 0 aliphatic rings. The van der Waals surface area contributed by atoms with Crippen molar-refractivity contribution in [1.29, 1.82) is 0 Å². The van der Waals surface area contributed by atoms with E-state index in [0.29, 0.717) is 4.47 Å². The molecular weight excluding hydrogens is 253 g/mol. The van der Waals surface area contributed by atoms with Crippen LogP contribution in [0.2, 0.25) is 0 Å². The first-order valence-electron chi connectivity index (χ1n) is 3.99. The Morgan fingerprint density at radius 2 is 1.93 bits per heavy atom. The van der Waals surface area contributed by atoms with Gasteiger partial charge in [0, 0.05) is 10.0 Å². The summed E-state index contributed by atoms with van der Waals surface area (Å²) in [5.74, 6) is -0.543. The monoisotopic (exact) mass is 263 g/mol. The Labute approximate surface area is 89.5 Å². The molecular formula is C9H11BrFNO2. The topological polar surface area (TPSA) is 66.5 Å². The quantitative estimate of drug-likeness (QED) is 0.753. The molecule has 0 aliphatic heterocycles. The second-order valence-corrected chi connectivity index (χ2v) is 4.01. The van der Waals surface area contributed by atoms with Crippen LogP contribution in [0.5, 0.6) is 0 Å². The van der Waals surface area contributed by atoms with Gasteiger partial charge in [-0.05, 0) is 18.2 Å². The van der Waals surface area contributed by atoms with Crippen molar-refractivity contribution in [2.24, 2.45) is 5.73 Å². The predicted octanol–water partition coefficient (Wildman–Crippen LogP) is 0.727. The van der Waals surface area contributed by atoms with Crippen molar-refractivity contribution in [3.8, 4) is 0 Å². The SMILES string of the molecule is NC(CO)(CO)c1cc(Br)ccc1F. The van der Waals surface area contributed by atoms with E-state index in [1.807, 2.05) is 0 Å². The molecule has 0 saturated heterocycles. The van der Waals surface area contributed by atoms with E-state index in [-0.39, 0.29) is 5.56 Å². The highest BCUT2D eigenvalue weighted by atomic mass is 79.9. The zero-order valence-corrected chi connectivity index (χ0v) is 8.96. The van der Waals surface area contributed by atoms with E-state index in [2.05, 4.69) is 15.9 Å². The minimum atomic E-state index is -1.44. The van der Waals surface area contributed by atoms with Gasteiger partial charge in [-0.2, -0.15) is 0 Å². The van der Waals surface area contributed by atoms with Crippen molar-refractivity contribution in [2.75, 3.05) is 13.2 Å². The van der Waals surface area contributed by atoms with Crippen molar-refractivity contribution in [2.45, 2.75) is 5.54 Å². The van der Waals surface area contributed by atoms with Gasteiger partial charge in [0.15, 0.2) is 0 Å². The Kier molecular flexibility index (Phi) is 3.60. The highest BCUT2D eigenvalue weighted by molar-refractivity contribution is 9.10. The molecule has 0 radical (unpaired) electrons. The fourth-order valence-electron chi connectivity index (χ4n) is 1.10. The molecule has 0 atom stereocenters. The molecule has 0 fully saturated rings. The van der Waals surface area contributed by atoms with Crippen LogP contribution in [0.1, 0.15) is 5.56 Å². The van der Waals surface area contributed by atoms with Crippen LogP contribution in [-0.4, -0.2) is 23.4 Å². The predicted molar refractivity (Wildman–Crippen MR) is 54.1 cm³/mol. The summed E-state index contributed by atoms with van der Waals surface area (Å²) >= 11 is 3.16. The van der Waals surface area contributed by atoms with Crippen LogP contribution < -0.4 is 5.73 Å². The summed E-state index contributed by atoms with van der Waals surface area (Å²) < 4.78 is 14.0. The van der Waals surface area contributed by atoms with E-state index < -0.39 is 24.6 Å². The first kappa shape index (κ1) is 11.6. The Morgan fingerprint density at radius 1 is 1.36 bits per heavy atom. The second-order valence-electron chi connectivity index (χ2n) is 3.10. The number of nitrogens with two attached hydrogens (primary N) is 1. The zero-order valence-electron chi connectivity index (χ0n) is 7.37. The summed E-state index contributed by atoms with van der Waals surface area (Å²) in [5.41, 5.74) is 4.28. The van der Waals surface area contributed by atoms with Gasteiger partial charge < -0.3 is 15.9 Å². The fraction of sp³-hybridized carbons (Fsp3) is 0.333. The lowest BCUT2D eigenvalue weighted by Gasteiger charge is -2.25. The smallest absolute Gasteiger partial charge is 0.128 e. The van der Waals surface area contributed by atoms with Gasteiger partial charge in [-0.3, -0.25) is 0 Å². The number of halogens is 2. The number of hydrogen-bond donors (Lipinski definition) is 3. The standard InChI is InChI=1S/C9H11BrFNO2/c10-6-1-2-8(11)7(3-6)9(12,4-13)5-14/h1-3,13-14H,4-5,12H2. The number of benzene rings is 1. The number of aliphatic hydroxyl groups is 2. The van der Waals surface area contributed by atoms with Crippen molar-refractivity contribution in [3.63, 3.8) is 0 Å². The first-order valence-corrected chi connectivity index (χ1v) is 4.79. The molecule has 0 aliphatic carbocycles. The molecule has 0 unspecified atom stereocenters. The third-order valence-electron chi connectivity index (χ3n) is 2.03. The van der Waals surface area contributed by atoms with Crippen molar-refractivity contribution >= 4 is 15.9 Å². The van der Waals surface area contributed by atoms with Crippen molar-refractivity contribution in [3.05, 3.63) is 34.1 Å². The summed E-state index contributed by atoms with van der Waals surface area (Å²) in [6.07, 6.45) is 0. The van der Waals surface area contributed by atoms with Crippen molar-refractivity contribution in [1.82, 2.24) is 0 Å². The van der Waals surface area contributed by atoms with Gasteiger partial charge in [0.25, 0.3) is 0 Å². The lowest BCUT2D eigenvalue weighted by atomic mass is 9.92. The lowest BCUT2D eigenvalue weighted by molar-refractivity contribution is 0.118. The maximum Gasteiger partial charge on any atom is 0.128 e. The molecule has 78 valence electrons. The molecule has 0 heterocycles. The summed E-state index contributed by atoms with van der Waals surface area (Å²) in [4.78, 5) is 0. The van der Waals surface area contributed by atoms with Gasteiger partial charge in [0.05, 0.1) is 18.8 Å².